The number of carbonyl (C=O) groups is 1. The Bertz CT molecular complexity index is 657. The summed E-state index contributed by atoms with van der Waals surface area (Å²) < 4.78 is 0. The Kier molecular flexibility index (Phi) is 4.28. The van der Waals surface area contributed by atoms with Crippen LogP contribution in [0.2, 0.25) is 0 Å². The lowest BCUT2D eigenvalue weighted by atomic mass is 9.87. The van der Waals surface area contributed by atoms with E-state index in [0.29, 0.717) is 5.69 Å². The molecule has 0 heterocycles. The van der Waals surface area contributed by atoms with Crippen molar-refractivity contribution in [1.82, 2.24) is 0 Å². The SMILES string of the molecule is CC(C)(C)c1ccc(Sc2cc(C(=O)O)ccc2N)cc1. The third-order valence-electron chi connectivity index (χ3n) is 3.21. The number of aromatic carboxylic acids is 1. The van der Waals surface area contributed by atoms with Crippen molar-refractivity contribution in [3.05, 3.63) is 53.6 Å². The van der Waals surface area contributed by atoms with Gasteiger partial charge in [-0.05, 0) is 41.3 Å². The van der Waals surface area contributed by atoms with Gasteiger partial charge in [0, 0.05) is 15.5 Å². The van der Waals surface area contributed by atoms with Crippen molar-refractivity contribution in [3.63, 3.8) is 0 Å². The van der Waals surface area contributed by atoms with Crippen LogP contribution in [0.5, 0.6) is 0 Å². The lowest BCUT2D eigenvalue weighted by Gasteiger charge is -2.19. The molecule has 0 saturated carbocycles. The zero-order chi connectivity index (χ0) is 15.6. The molecule has 110 valence electrons. The van der Waals surface area contributed by atoms with Crippen LogP contribution in [0, 0.1) is 0 Å². The van der Waals surface area contributed by atoms with Gasteiger partial charge >= 0.3 is 5.97 Å². The van der Waals surface area contributed by atoms with Crippen molar-refractivity contribution < 1.29 is 9.90 Å². The first-order valence-corrected chi connectivity index (χ1v) is 7.50. The highest BCUT2D eigenvalue weighted by atomic mass is 32.2. The number of nitrogens with two attached hydrogens (primary N) is 1. The van der Waals surface area contributed by atoms with Gasteiger partial charge in [-0.15, -0.1) is 0 Å². The second-order valence-corrected chi connectivity index (χ2v) is 7.05. The van der Waals surface area contributed by atoms with Crippen LogP contribution in [0.4, 0.5) is 5.69 Å². The molecule has 0 aliphatic rings. The van der Waals surface area contributed by atoms with Gasteiger partial charge in [0.1, 0.15) is 0 Å². The van der Waals surface area contributed by atoms with Gasteiger partial charge in [-0.2, -0.15) is 0 Å². The summed E-state index contributed by atoms with van der Waals surface area (Å²) in [5, 5.41) is 9.04. The number of hydrogen-bond acceptors (Lipinski definition) is 3. The molecular formula is C17H19NO2S. The third-order valence-corrected chi connectivity index (χ3v) is 4.29. The van der Waals surface area contributed by atoms with E-state index >= 15 is 0 Å². The minimum Gasteiger partial charge on any atom is -0.478 e. The minimum absolute atomic E-state index is 0.117. The predicted octanol–water partition coefficient (Wildman–Crippen LogP) is 4.42. The Morgan fingerprint density at radius 1 is 1.10 bits per heavy atom. The Morgan fingerprint density at radius 3 is 2.24 bits per heavy atom. The summed E-state index contributed by atoms with van der Waals surface area (Å²) in [6, 6.07) is 13.0. The number of hydrogen-bond donors (Lipinski definition) is 2. The third kappa shape index (κ3) is 3.79. The molecule has 4 heteroatoms. The van der Waals surface area contributed by atoms with E-state index < -0.39 is 5.97 Å². The molecule has 0 saturated heterocycles. The van der Waals surface area contributed by atoms with Crippen LogP contribution in [0.3, 0.4) is 0 Å². The van der Waals surface area contributed by atoms with E-state index in [1.54, 1.807) is 12.1 Å². The summed E-state index contributed by atoms with van der Waals surface area (Å²) in [5.41, 5.74) is 8.14. The van der Waals surface area contributed by atoms with E-state index in [1.807, 2.05) is 12.1 Å². The van der Waals surface area contributed by atoms with Crippen molar-refractivity contribution in [2.45, 2.75) is 36.0 Å². The van der Waals surface area contributed by atoms with Crippen LogP contribution < -0.4 is 5.73 Å². The van der Waals surface area contributed by atoms with Crippen LogP contribution in [0.1, 0.15) is 36.7 Å². The second-order valence-electron chi connectivity index (χ2n) is 5.93. The molecule has 21 heavy (non-hydrogen) atoms. The number of nitrogen functional groups attached to an aromatic ring is 1. The van der Waals surface area contributed by atoms with Gasteiger partial charge in [-0.25, -0.2) is 4.79 Å². The summed E-state index contributed by atoms with van der Waals surface area (Å²) in [5.74, 6) is -0.945. The van der Waals surface area contributed by atoms with E-state index in [0.717, 1.165) is 9.79 Å². The lowest BCUT2D eigenvalue weighted by Crippen LogP contribution is -2.10. The molecule has 0 unspecified atom stereocenters. The topological polar surface area (TPSA) is 63.3 Å². The Hall–Kier alpha value is -1.94. The van der Waals surface area contributed by atoms with E-state index in [-0.39, 0.29) is 11.0 Å². The highest BCUT2D eigenvalue weighted by Crippen LogP contribution is 2.34. The maximum atomic E-state index is 11.0. The van der Waals surface area contributed by atoms with Crippen LogP contribution in [-0.4, -0.2) is 11.1 Å². The van der Waals surface area contributed by atoms with Crippen LogP contribution in [0.15, 0.2) is 52.3 Å². The van der Waals surface area contributed by atoms with Crippen LogP contribution >= 0.6 is 11.8 Å². The summed E-state index contributed by atoms with van der Waals surface area (Å²) in [6.07, 6.45) is 0. The molecule has 3 N–H and O–H groups in total. The molecule has 0 fully saturated rings. The zero-order valence-electron chi connectivity index (χ0n) is 12.4. The lowest BCUT2D eigenvalue weighted by molar-refractivity contribution is 0.0696. The molecule has 0 bridgehead atoms. The molecule has 3 nitrogen and oxygen atoms in total. The highest BCUT2D eigenvalue weighted by molar-refractivity contribution is 7.99. The quantitative estimate of drug-likeness (QED) is 0.824. The molecule has 0 atom stereocenters. The molecule has 2 aromatic carbocycles. The average molecular weight is 301 g/mol. The summed E-state index contributed by atoms with van der Waals surface area (Å²) in [6.45, 7) is 6.51. The van der Waals surface area contributed by atoms with Crippen LogP contribution in [-0.2, 0) is 5.41 Å². The molecule has 2 aromatic rings. The van der Waals surface area contributed by atoms with Crippen LogP contribution in [0.25, 0.3) is 0 Å². The molecule has 0 amide bonds. The number of anilines is 1. The highest BCUT2D eigenvalue weighted by Gasteiger charge is 2.13. The first-order valence-electron chi connectivity index (χ1n) is 6.68. The standard InChI is InChI=1S/C17H19NO2S/c1-17(2,3)12-5-7-13(8-6-12)21-15-10-11(16(19)20)4-9-14(15)18/h4-10H,18H2,1-3H3,(H,19,20). The Balaban J connectivity index is 2.26. The van der Waals surface area contributed by atoms with Gasteiger partial charge in [-0.1, -0.05) is 44.7 Å². The average Bonchev–Trinajstić information content (AvgIpc) is 2.40. The van der Waals surface area contributed by atoms with E-state index in [9.17, 15) is 4.79 Å². The normalized spacial score (nSPS) is 11.4. The maximum absolute atomic E-state index is 11.0. The fourth-order valence-electron chi connectivity index (χ4n) is 1.91. The molecular weight excluding hydrogens is 282 g/mol. The molecule has 2 rings (SSSR count). The smallest absolute Gasteiger partial charge is 0.335 e. The largest absolute Gasteiger partial charge is 0.478 e. The summed E-state index contributed by atoms with van der Waals surface area (Å²) in [7, 11) is 0. The van der Waals surface area contributed by atoms with Gasteiger partial charge < -0.3 is 10.8 Å². The first kappa shape index (κ1) is 15.4. The fourth-order valence-corrected chi connectivity index (χ4v) is 2.80. The number of carboxylic acids is 1. The van der Waals surface area contributed by atoms with Crippen molar-refractivity contribution in [3.8, 4) is 0 Å². The predicted molar refractivity (Wildman–Crippen MR) is 87.1 cm³/mol. The summed E-state index contributed by atoms with van der Waals surface area (Å²) in [4.78, 5) is 12.8. The molecule has 0 spiro atoms. The van der Waals surface area contributed by atoms with Crippen molar-refractivity contribution in [2.75, 3.05) is 5.73 Å². The van der Waals surface area contributed by atoms with Gasteiger partial charge in [0.05, 0.1) is 5.56 Å². The molecule has 0 aromatic heterocycles. The molecule has 0 aliphatic heterocycles. The second kappa shape index (κ2) is 5.82. The van der Waals surface area contributed by atoms with Crippen molar-refractivity contribution in [2.24, 2.45) is 0 Å². The fraction of sp³-hybridized carbons (Fsp3) is 0.235. The maximum Gasteiger partial charge on any atom is 0.335 e. The van der Waals surface area contributed by atoms with Gasteiger partial charge in [0.2, 0.25) is 0 Å². The molecule has 0 aliphatic carbocycles. The number of rotatable bonds is 3. The zero-order valence-corrected chi connectivity index (χ0v) is 13.2. The van der Waals surface area contributed by atoms with Gasteiger partial charge in [0.25, 0.3) is 0 Å². The number of carboxylic acid groups (broad SMARTS) is 1. The molecule has 0 radical (unpaired) electrons. The monoisotopic (exact) mass is 301 g/mol. The van der Waals surface area contributed by atoms with E-state index in [4.69, 9.17) is 10.8 Å². The van der Waals surface area contributed by atoms with Crippen molar-refractivity contribution in [1.29, 1.82) is 0 Å². The first-order chi connectivity index (χ1) is 9.77. The van der Waals surface area contributed by atoms with Gasteiger partial charge in [-0.3, -0.25) is 0 Å². The number of benzene rings is 2. The Morgan fingerprint density at radius 2 is 1.71 bits per heavy atom. The summed E-state index contributed by atoms with van der Waals surface area (Å²) >= 11 is 1.48. The van der Waals surface area contributed by atoms with E-state index in [2.05, 4.69) is 32.9 Å². The van der Waals surface area contributed by atoms with Crippen molar-refractivity contribution >= 4 is 23.4 Å². The van der Waals surface area contributed by atoms with Gasteiger partial charge in [0.15, 0.2) is 0 Å². The minimum atomic E-state index is -0.945. The Labute approximate surface area is 129 Å². The van der Waals surface area contributed by atoms with E-state index in [1.165, 1.54) is 23.4 Å².